The van der Waals surface area contributed by atoms with Gasteiger partial charge in [-0.05, 0) is 26.3 Å². The summed E-state index contributed by atoms with van der Waals surface area (Å²) >= 11 is 0. The summed E-state index contributed by atoms with van der Waals surface area (Å²) in [4.78, 5) is 18.0. The van der Waals surface area contributed by atoms with E-state index in [1.165, 1.54) is 6.20 Å². The van der Waals surface area contributed by atoms with Gasteiger partial charge in [-0.2, -0.15) is 0 Å². The molecule has 3 N–H and O–H groups in total. The summed E-state index contributed by atoms with van der Waals surface area (Å²) in [5.41, 5.74) is -0.157. The Morgan fingerprint density at radius 1 is 1.60 bits per heavy atom. The van der Waals surface area contributed by atoms with Crippen LogP contribution in [0, 0.1) is 0 Å². The van der Waals surface area contributed by atoms with Crippen LogP contribution < -0.4 is 16.2 Å². The smallest absolute Gasteiger partial charge is 0.290 e. The number of anilines is 1. The highest BCUT2D eigenvalue weighted by Crippen LogP contribution is 2.11. The summed E-state index contributed by atoms with van der Waals surface area (Å²) < 4.78 is 0. The van der Waals surface area contributed by atoms with E-state index >= 15 is 0 Å². The van der Waals surface area contributed by atoms with Crippen molar-refractivity contribution in [3.8, 4) is 0 Å². The number of nitrogens with zero attached hydrogens (tertiary/aromatic N) is 1. The zero-order chi connectivity index (χ0) is 10.7. The van der Waals surface area contributed by atoms with Crippen molar-refractivity contribution in [2.45, 2.75) is 31.8 Å². The number of hydrogen-bond acceptors (Lipinski definition) is 4. The van der Waals surface area contributed by atoms with Crippen LogP contribution in [0.2, 0.25) is 0 Å². The van der Waals surface area contributed by atoms with Gasteiger partial charge in [0.05, 0.1) is 0 Å². The van der Waals surface area contributed by atoms with Gasteiger partial charge < -0.3 is 15.6 Å². The number of rotatable bonds is 2. The molecule has 1 aliphatic heterocycles. The molecule has 2 unspecified atom stereocenters. The third-order valence-corrected chi connectivity index (χ3v) is 2.79. The Morgan fingerprint density at radius 3 is 3.20 bits per heavy atom. The maximum Gasteiger partial charge on any atom is 0.290 e. The molecule has 0 amide bonds. The number of hydrogen-bond donors (Lipinski definition) is 3. The van der Waals surface area contributed by atoms with Crippen LogP contribution in [0.1, 0.15) is 19.8 Å². The Kier molecular flexibility index (Phi) is 3.01. The molecule has 2 rings (SSSR count). The average molecular weight is 208 g/mol. The minimum absolute atomic E-state index is 0.157. The number of H-pyrrole nitrogens is 1. The monoisotopic (exact) mass is 208 g/mol. The molecule has 82 valence electrons. The van der Waals surface area contributed by atoms with Crippen LogP contribution in [0.5, 0.6) is 0 Å². The summed E-state index contributed by atoms with van der Waals surface area (Å²) in [5.74, 6) is 0.415. The van der Waals surface area contributed by atoms with E-state index in [1.54, 1.807) is 6.20 Å². The molecule has 2 heterocycles. The standard InChI is InChI=1S/C10H16N4O/c1-7-8(3-2-4-11-7)14-9-10(15)13-6-5-12-9/h5-8,11H,2-4H2,1H3,(H,12,14)(H,13,15). The summed E-state index contributed by atoms with van der Waals surface area (Å²) in [6.45, 7) is 3.17. The van der Waals surface area contributed by atoms with Gasteiger partial charge >= 0.3 is 0 Å². The third kappa shape index (κ3) is 2.36. The van der Waals surface area contributed by atoms with Gasteiger partial charge in [-0.1, -0.05) is 0 Å². The fourth-order valence-electron chi connectivity index (χ4n) is 1.87. The maximum atomic E-state index is 11.4. The van der Waals surface area contributed by atoms with Crippen LogP contribution in [0.15, 0.2) is 17.2 Å². The molecular formula is C10H16N4O. The fourth-order valence-corrected chi connectivity index (χ4v) is 1.87. The average Bonchev–Trinajstić information content (AvgIpc) is 2.24. The lowest BCUT2D eigenvalue weighted by molar-refractivity contribution is 0.388. The van der Waals surface area contributed by atoms with Crippen molar-refractivity contribution in [2.24, 2.45) is 0 Å². The van der Waals surface area contributed by atoms with Gasteiger partial charge in [-0.15, -0.1) is 0 Å². The molecule has 1 aromatic rings. The number of nitrogens with one attached hydrogen (secondary N) is 3. The van der Waals surface area contributed by atoms with Crippen molar-refractivity contribution in [1.29, 1.82) is 0 Å². The van der Waals surface area contributed by atoms with Crippen LogP contribution in [0.25, 0.3) is 0 Å². The predicted octanol–water partition coefficient (Wildman–Crippen LogP) is 0.322. The highest BCUT2D eigenvalue weighted by molar-refractivity contribution is 5.32. The molecule has 1 aliphatic rings. The molecule has 2 atom stereocenters. The molecular weight excluding hydrogens is 192 g/mol. The van der Waals surface area contributed by atoms with E-state index in [4.69, 9.17) is 0 Å². The second-order valence-electron chi connectivity index (χ2n) is 3.90. The SMILES string of the molecule is CC1NCCCC1Nc1ncc[nH]c1=O. The largest absolute Gasteiger partial charge is 0.361 e. The van der Waals surface area contributed by atoms with Gasteiger partial charge in [0.25, 0.3) is 5.56 Å². The van der Waals surface area contributed by atoms with Crippen molar-refractivity contribution in [3.63, 3.8) is 0 Å². The van der Waals surface area contributed by atoms with E-state index in [1.807, 2.05) is 0 Å². The van der Waals surface area contributed by atoms with Gasteiger partial charge in [0.1, 0.15) is 0 Å². The number of aromatic amines is 1. The third-order valence-electron chi connectivity index (χ3n) is 2.79. The van der Waals surface area contributed by atoms with Gasteiger partial charge in [0.2, 0.25) is 0 Å². The normalized spacial score (nSPS) is 26.2. The summed E-state index contributed by atoms with van der Waals surface area (Å²) in [7, 11) is 0. The molecule has 5 heteroatoms. The van der Waals surface area contributed by atoms with E-state index in [2.05, 4.69) is 27.5 Å². The summed E-state index contributed by atoms with van der Waals surface area (Å²) in [6, 6.07) is 0.662. The van der Waals surface area contributed by atoms with Gasteiger partial charge in [0.15, 0.2) is 5.82 Å². The van der Waals surface area contributed by atoms with Crippen LogP contribution in [-0.2, 0) is 0 Å². The molecule has 0 saturated carbocycles. The van der Waals surface area contributed by atoms with Crippen LogP contribution in [0.3, 0.4) is 0 Å². The first-order chi connectivity index (χ1) is 7.27. The molecule has 1 saturated heterocycles. The highest BCUT2D eigenvalue weighted by atomic mass is 16.1. The first kappa shape index (κ1) is 10.2. The molecule has 0 aromatic carbocycles. The van der Waals surface area contributed by atoms with E-state index < -0.39 is 0 Å². The number of aromatic nitrogens is 2. The molecule has 1 fully saturated rings. The summed E-state index contributed by atoms with van der Waals surface area (Å²) in [5, 5.41) is 6.55. The lowest BCUT2D eigenvalue weighted by Gasteiger charge is -2.30. The molecule has 1 aromatic heterocycles. The molecule has 0 aliphatic carbocycles. The predicted molar refractivity (Wildman–Crippen MR) is 59.0 cm³/mol. The van der Waals surface area contributed by atoms with Crippen molar-refractivity contribution in [1.82, 2.24) is 15.3 Å². The zero-order valence-corrected chi connectivity index (χ0v) is 8.79. The Hall–Kier alpha value is -1.36. The molecule has 0 bridgehead atoms. The first-order valence-electron chi connectivity index (χ1n) is 5.31. The Morgan fingerprint density at radius 2 is 2.47 bits per heavy atom. The fraction of sp³-hybridized carbons (Fsp3) is 0.600. The quantitative estimate of drug-likeness (QED) is 0.654. The molecule has 0 spiro atoms. The minimum atomic E-state index is -0.157. The molecule has 5 nitrogen and oxygen atoms in total. The van der Waals surface area contributed by atoms with E-state index in [9.17, 15) is 4.79 Å². The molecule has 15 heavy (non-hydrogen) atoms. The second-order valence-corrected chi connectivity index (χ2v) is 3.90. The van der Waals surface area contributed by atoms with Crippen LogP contribution in [-0.4, -0.2) is 28.6 Å². The molecule has 0 radical (unpaired) electrons. The lowest BCUT2D eigenvalue weighted by Crippen LogP contribution is -2.47. The highest BCUT2D eigenvalue weighted by Gasteiger charge is 2.21. The van der Waals surface area contributed by atoms with E-state index in [0.717, 1.165) is 19.4 Å². The van der Waals surface area contributed by atoms with Crippen molar-refractivity contribution in [2.75, 3.05) is 11.9 Å². The van der Waals surface area contributed by atoms with Crippen LogP contribution >= 0.6 is 0 Å². The van der Waals surface area contributed by atoms with E-state index in [-0.39, 0.29) is 11.6 Å². The minimum Gasteiger partial charge on any atom is -0.361 e. The maximum absolute atomic E-state index is 11.4. The van der Waals surface area contributed by atoms with Crippen molar-refractivity contribution < 1.29 is 0 Å². The Bertz CT molecular complexity index is 376. The van der Waals surface area contributed by atoms with Crippen molar-refractivity contribution in [3.05, 3.63) is 22.7 Å². The first-order valence-corrected chi connectivity index (χ1v) is 5.31. The van der Waals surface area contributed by atoms with E-state index in [0.29, 0.717) is 11.9 Å². The van der Waals surface area contributed by atoms with Crippen molar-refractivity contribution >= 4 is 5.82 Å². The van der Waals surface area contributed by atoms with Gasteiger partial charge in [-0.3, -0.25) is 4.79 Å². The topological polar surface area (TPSA) is 69.8 Å². The van der Waals surface area contributed by atoms with Gasteiger partial charge in [-0.25, -0.2) is 4.98 Å². The lowest BCUT2D eigenvalue weighted by atomic mass is 10.00. The zero-order valence-electron chi connectivity index (χ0n) is 8.79. The van der Waals surface area contributed by atoms with Gasteiger partial charge in [0, 0.05) is 24.5 Å². The number of piperidine rings is 1. The summed E-state index contributed by atoms with van der Waals surface area (Å²) in [6.07, 6.45) is 5.33. The Balaban J connectivity index is 2.08. The Labute approximate surface area is 88.3 Å². The van der Waals surface area contributed by atoms with Crippen LogP contribution in [0.4, 0.5) is 5.82 Å². The second kappa shape index (κ2) is 4.44.